The van der Waals surface area contributed by atoms with Crippen LogP contribution in [0.3, 0.4) is 0 Å². The Morgan fingerprint density at radius 3 is 2.40 bits per heavy atom. The smallest absolute Gasteiger partial charge is 0.119 e. The van der Waals surface area contributed by atoms with Crippen molar-refractivity contribution in [1.82, 2.24) is 5.32 Å². The highest BCUT2D eigenvalue weighted by atomic mass is 16.5. The van der Waals surface area contributed by atoms with Crippen LogP contribution in [-0.4, -0.2) is 27.4 Å². The standard InChI is InChI=1S/C17H29NO2/c1-5-6-12-20-16-9-7-15(8-10-16)17(18-3)14(2)11-13-19-4/h7-10,14,17-18H,5-6,11-13H2,1-4H3. The van der Waals surface area contributed by atoms with Crippen LogP contribution in [0.4, 0.5) is 0 Å². The summed E-state index contributed by atoms with van der Waals surface area (Å²) in [6, 6.07) is 8.81. The number of hydrogen-bond donors (Lipinski definition) is 1. The monoisotopic (exact) mass is 279 g/mol. The van der Waals surface area contributed by atoms with E-state index in [4.69, 9.17) is 9.47 Å². The summed E-state index contributed by atoms with van der Waals surface area (Å²) >= 11 is 0. The topological polar surface area (TPSA) is 30.5 Å². The van der Waals surface area contributed by atoms with Gasteiger partial charge in [-0.2, -0.15) is 0 Å². The lowest BCUT2D eigenvalue weighted by Gasteiger charge is -2.24. The Labute approximate surface area is 123 Å². The van der Waals surface area contributed by atoms with Crippen molar-refractivity contribution >= 4 is 0 Å². The molecule has 114 valence electrons. The second kappa shape index (κ2) is 9.78. The fraction of sp³-hybridized carbons (Fsp3) is 0.647. The summed E-state index contributed by atoms with van der Waals surface area (Å²) in [6.45, 7) is 6.03. The van der Waals surface area contributed by atoms with E-state index in [1.165, 1.54) is 5.56 Å². The molecule has 0 saturated heterocycles. The van der Waals surface area contributed by atoms with E-state index < -0.39 is 0 Å². The summed E-state index contributed by atoms with van der Waals surface area (Å²) in [7, 11) is 3.77. The minimum Gasteiger partial charge on any atom is -0.494 e. The molecule has 0 bridgehead atoms. The van der Waals surface area contributed by atoms with Crippen LogP contribution in [0.2, 0.25) is 0 Å². The van der Waals surface area contributed by atoms with Gasteiger partial charge < -0.3 is 14.8 Å². The summed E-state index contributed by atoms with van der Waals surface area (Å²) < 4.78 is 10.9. The Morgan fingerprint density at radius 2 is 1.85 bits per heavy atom. The molecule has 0 aliphatic heterocycles. The molecule has 1 aromatic carbocycles. The predicted octanol–water partition coefficient (Wildman–Crippen LogP) is 3.80. The first kappa shape index (κ1) is 17.0. The normalized spacial score (nSPS) is 14.0. The maximum Gasteiger partial charge on any atom is 0.119 e. The Hall–Kier alpha value is -1.06. The van der Waals surface area contributed by atoms with Crippen LogP contribution < -0.4 is 10.1 Å². The number of hydrogen-bond acceptors (Lipinski definition) is 3. The number of nitrogens with one attached hydrogen (secondary N) is 1. The lowest BCUT2D eigenvalue weighted by molar-refractivity contribution is 0.171. The summed E-state index contributed by atoms with van der Waals surface area (Å²) in [6.07, 6.45) is 3.32. The predicted molar refractivity (Wildman–Crippen MR) is 84.3 cm³/mol. The van der Waals surface area contributed by atoms with E-state index >= 15 is 0 Å². The zero-order valence-corrected chi connectivity index (χ0v) is 13.3. The van der Waals surface area contributed by atoms with Crippen LogP contribution in [0, 0.1) is 5.92 Å². The summed E-state index contributed by atoms with van der Waals surface area (Å²) in [4.78, 5) is 0. The molecular formula is C17H29NO2. The molecule has 2 atom stereocenters. The molecule has 0 fully saturated rings. The maximum atomic E-state index is 5.70. The molecule has 0 aliphatic carbocycles. The van der Waals surface area contributed by atoms with Crippen LogP contribution in [0.1, 0.15) is 44.7 Å². The van der Waals surface area contributed by atoms with Crippen molar-refractivity contribution in [3.8, 4) is 5.75 Å². The molecule has 3 heteroatoms. The molecular weight excluding hydrogens is 250 g/mol. The van der Waals surface area contributed by atoms with Gasteiger partial charge in [0.2, 0.25) is 0 Å². The highest BCUT2D eigenvalue weighted by Gasteiger charge is 2.17. The van der Waals surface area contributed by atoms with Gasteiger partial charge in [0.15, 0.2) is 0 Å². The Morgan fingerprint density at radius 1 is 1.15 bits per heavy atom. The summed E-state index contributed by atoms with van der Waals surface area (Å²) in [5.74, 6) is 1.49. The van der Waals surface area contributed by atoms with Crippen molar-refractivity contribution in [1.29, 1.82) is 0 Å². The first-order valence-corrected chi connectivity index (χ1v) is 7.61. The van der Waals surface area contributed by atoms with Gasteiger partial charge in [0, 0.05) is 19.8 Å². The molecule has 0 saturated carbocycles. The number of unbranched alkanes of at least 4 members (excludes halogenated alkanes) is 1. The first-order chi connectivity index (χ1) is 9.72. The number of rotatable bonds is 10. The fourth-order valence-corrected chi connectivity index (χ4v) is 2.36. The van der Waals surface area contributed by atoms with Crippen molar-refractivity contribution < 1.29 is 9.47 Å². The van der Waals surface area contributed by atoms with Crippen LogP contribution in [0.5, 0.6) is 5.75 Å². The van der Waals surface area contributed by atoms with E-state index in [1.807, 2.05) is 7.05 Å². The minimum atomic E-state index is 0.356. The van der Waals surface area contributed by atoms with Gasteiger partial charge in [0.05, 0.1) is 6.61 Å². The lowest BCUT2D eigenvalue weighted by Crippen LogP contribution is -2.24. The van der Waals surface area contributed by atoms with E-state index in [0.717, 1.165) is 38.2 Å². The molecule has 3 nitrogen and oxygen atoms in total. The first-order valence-electron chi connectivity index (χ1n) is 7.61. The van der Waals surface area contributed by atoms with E-state index in [0.29, 0.717) is 12.0 Å². The number of ether oxygens (including phenoxy) is 2. The largest absolute Gasteiger partial charge is 0.494 e. The van der Waals surface area contributed by atoms with Gasteiger partial charge in [-0.25, -0.2) is 0 Å². The summed E-state index contributed by atoms with van der Waals surface area (Å²) in [5, 5.41) is 3.40. The molecule has 0 amide bonds. The Bertz CT molecular complexity index is 351. The average Bonchev–Trinajstić information content (AvgIpc) is 2.47. The molecule has 0 heterocycles. The van der Waals surface area contributed by atoms with Gasteiger partial charge >= 0.3 is 0 Å². The third-order valence-electron chi connectivity index (χ3n) is 3.66. The van der Waals surface area contributed by atoms with Gasteiger partial charge in [-0.1, -0.05) is 32.4 Å². The summed E-state index contributed by atoms with van der Waals surface area (Å²) in [5.41, 5.74) is 1.30. The average molecular weight is 279 g/mol. The van der Waals surface area contributed by atoms with Gasteiger partial charge in [-0.05, 0) is 43.5 Å². The zero-order valence-electron chi connectivity index (χ0n) is 13.3. The van der Waals surface area contributed by atoms with Crippen LogP contribution in [0.15, 0.2) is 24.3 Å². The van der Waals surface area contributed by atoms with E-state index in [-0.39, 0.29) is 0 Å². The fourth-order valence-electron chi connectivity index (χ4n) is 2.36. The molecule has 0 aromatic heterocycles. The van der Waals surface area contributed by atoms with Crippen molar-refractivity contribution in [3.05, 3.63) is 29.8 Å². The maximum absolute atomic E-state index is 5.70. The Kier molecular flexibility index (Phi) is 8.31. The van der Waals surface area contributed by atoms with Gasteiger partial charge in [-0.15, -0.1) is 0 Å². The third kappa shape index (κ3) is 5.51. The van der Waals surface area contributed by atoms with Crippen LogP contribution >= 0.6 is 0 Å². The van der Waals surface area contributed by atoms with Crippen LogP contribution in [0.25, 0.3) is 0 Å². The quantitative estimate of drug-likeness (QED) is 0.661. The molecule has 0 spiro atoms. The Balaban J connectivity index is 2.59. The van der Waals surface area contributed by atoms with Crippen molar-refractivity contribution in [2.75, 3.05) is 27.4 Å². The highest BCUT2D eigenvalue weighted by molar-refractivity contribution is 5.29. The van der Waals surface area contributed by atoms with E-state index in [9.17, 15) is 0 Å². The molecule has 1 rings (SSSR count). The molecule has 20 heavy (non-hydrogen) atoms. The lowest BCUT2D eigenvalue weighted by atomic mass is 9.92. The molecule has 2 unspecified atom stereocenters. The van der Waals surface area contributed by atoms with E-state index in [1.54, 1.807) is 7.11 Å². The van der Waals surface area contributed by atoms with Gasteiger partial charge in [0.1, 0.15) is 5.75 Å². The van der Waals surface area contributed by atoms with Crippen LogP contribution in [-0.2, 0) is 4.74 Å². The number of methoxy groups -OCH3 is 1. The number of benzene rings is 1. The van der Waals surface area contributed by atoms with Crippen molar-refractivity contribution in [2.24, 2.45) is 5.92 Å². The van der Waals surface area contributed by atoms with Crippen molar-refractivity contribution in [2.45, 2.75) is 39.2 Å². The second-order valence-electron chi connectivity index (χ2n) is 5.30. The van der Waals surface area contributed by atoms with Gasteiger partial charge in [-0.3, -0.25) is 0 Å². The molecule has 0 radical (unpaired) electrons. The second-order valence-corrected chi connectivity index (χ2v) is 5.30. The molecule has 1 N–H and O–H groups in total. The van der Waals surface area contributed by atoms with Crippen molar-refractivity contribution in [3.63, 3.8) is 0 Å². The third-order valence-corrected chi connectivity index (χ3v) is 3.66. The molecule has 0 aliphatic rings. The van der Waals surface area contributed by atoms with Gasteiger partial charge in [0.25, 0.3) is 0 Å². The van der Waals surface area contributed by atoms with E-state index in [2.05, 4.69) is 43.4 Å². The SMILES string of the molecule is CCCCOc1ccc(C(NC)C(C)CCOC)cc1. The zero-order chi connectivity index (χ0) is 14.8. The minimum absolute atomic E-state index is 0.356. The molecule has 1 aromatic rings. The highest BCUT2D eigenvalue weighted by Crippen LogP contribution is 2.26.